The predicted molar refractivity (Wildman–Crippen MR) is 81.8 cm³/mol. The molecule has 0 aliphatic carbocycles. The van der Waals surface area contributed by atoms with Crippen LogP contribution >= 0.6 is 0 Å². The molecule has 4 nitrogen and oxygen atoms in total. The Kier molecular flexibility index (Phi) is 5.56. The van der Waals surface area contributed by atoms with E-state index in [1.807, 2.05) is 24.3 Å². The number of carbonyl (C=O) groups excluding carboxylic acids is 1. The van der Waals surface area contributed by atoms with Gasteiger partial charge in [0.2, 0.25) is 0 Å². The summed E-state index contributed by atoms with van der Waals surface area (Å²) < 4.78 is 0. The van der Waals surface area contributed by atoms with Gasteiger partial charge in [0.25, 0.3) is 5.91 Å². The second kappa shape index (κ2) is 7.41. The molecule has 0 aromatic heterocycles. The average molecular weight is 275 g/mol. The van der Waals surface area contributed by atoms with Crippen molar-refractivity contribution in [1.82, 2.24) is 10.2 Å². The molecule has 1 aliphatic heterocycles. The Morgan fingerprint density at radius 3 is 2.55 bits per heavy atom. The quantitative estimate of drug-likeness (QED) is 0.825. The standard InChI is InChI=1S/C16H25N3O/c1-13(12-19-10-2-3-11-19)18-16(20)15-6-4-14(5-7-15)8-9-17/h4-7,13H,2-3,8-12,17H2,1H3,(H,18,20). The maximum Gasteiger partial charge on any atom is 0.251 e. The van der Waals surface area contributed by atoms with Gasteiger partial charge in [0.1, 0.15) is 0 Å². The fraction of sp³-hybridized carbons (Fsp3) is 0.562. The Morgan fingerprint density at radius 2 is 1.95 bits per heavy atom. The molecule has 1 unspecified atom stereocenters. The van der Waals surface area contributed by atoms with Crippen LogP contribution in [0.5, 0.6) is 0 Å². The van der Waals surface area contributed by atoms with E-state index in [-0.39, 0.29) is 11.9 Å². The van der Waals surface area contributed by atoms with Crippen molar-refractivity contribution in [2.45, 2.75) is 32.2 Å². The first-order valence-electron chi connectivity index (χ1n) is 7.51. The molecule has 1 aromatic rings. The summed E-state index contributed by atoms with van der Waals surface area (Å²) in [4.78, 5) is 14.6. The third kappa shape index (κ3) is 4.32. The van der Waals surface area contributed by atoms with Crippen molar-refractivity contribution in [3.63, 3.8) is 0 Å². The molecule has 0 spiro atoms. The van der Waals surface area contributed by atoms with Gasteiger partial charge < -0.3 is 16.0 Å². The summed E-state index contributed by atoms with van der Waals surface area (Å²) in [5.41, 5.74) is 7.41. The van der Waals surface area contributed by atoms with Crippen molar-refractivity contribution in [2.75, 3.05) is 26.2 Å². The fourth-order valence-electron chi connectivity index (χ4n) is 2.69. The Labute approximate surface area is 121 Å². The molecular formula is C16H25N3O. The van der Waals surface area contributed by atoms with Gasteiger partial charge >= 0.3 is 0 Å². The monoisotopic (exact) mass is 275 g/mol. The third-order valence-corrected chi connectivity index (χ3v) is 3.76. The van der Waals surface area contributed by atoms with Crippen LogP contribution in [0.2, 0.25) is 0 Å². The molecule has 1 atom stereocenters. The van der Waals surface area contributed by atoms with E-state index < -0.39 is 0 Å². The van der Waals surface area contributed by atoms with Crippen LogP contribution in [0.4, 0.5) is 0 Å². The molecule has 0 radical (unpaired) electrons. The predicted octanol–water partition coefficient (Wildman–Crippen LogP) is 1.40. The van der Waals surface area contributed by atoms with E-state index >= 15 is 0 Å². The minimum absolute atomic E-state index is 0.0102. The van der Waals surface area contributed by atoms with Crippen LogP contribution in [0.1, 0.15) is 35.7 Å². The van der Waals surface area contributed by atoms with E-state index in [9.17, 15) is 4.79 Å². The lowest BCUT2D eigenvalue weighted by molar-refractivity contribution is 0.0932. The van der Waals surface area contributed by atoms with Crippen LogP contribution in [-0.4, -0.2) is 43.0 Å². The highest BCUT2D eigenvalue weighted by molar-refractivity contribution is 5.94. The van der Waals surface area contributed by atoms with Gasteiger partial charge in [-0.2, -0.15) is 0 Å². The molecule has 20 heavy (non-hydrogen) atoms. The van der Waals surface area contributed by atoms with Gasteiger partial charge in [0.15, 0.2) is 0 Å². The Hall–Kier alpha value is -1.39. The van der Waals surface area contributed by atoms with Crippen molar-refractivity contribution in [3.05, 3.63) is 35.4 Å². The average Bonchev–Trinajstić information content (AvgIpc) is 2.92. The Bertz CT molecular complexity index is 424. The zero-order chi connectivity index (χ0) is 14.4. The number of hydrogen-bond acceptors (Lipinski definition) is 3. The van der Waals surface area contributed by atoms with Crippen LogP contribution < -0.4 is 11.1 Å². The molecule has 2 rings (SSSR count). The van der Waals surface area contributed by atoms with Crippen LogP contribution in [0.15, 0.2) is 24.3 Å². The molecule has 1 aliphatic rings. The number of rotatable bonds is 6. The number of benzene rings is 1. The van der Waals surface area contributed by atoms with E-state index in [0.29, 0.717) is 6.54 Å². The van der Waals surface area contributed by atoms with Gasteiger partial charge in [0.05, 0.1) is 0 Å². The molecule has 1 amide bonds. The largest absolute Gasteiger partial charge is 0.348 e. The van der Waals surface area contributed by atoms with E-state index in [1.54, 1.807) is 0 Å². The maximum absolute atomic E-state index is 12.1. The van der Waals surface area contributed by atoms with Crippen molar-refractivity contribution in [2.24, 2.45) is 5.73 Å². The number of nitrogens with two attached hydrogens (primary N) is 1. The first-order valence-corrected chi connectivity index (χ1v) is 7.51. The molecule has 3 N–H and O–H groups in total. The van der Waals surface area contributed by atoms with Gasteiger partial charge in [-0.3, -0.25) is 4.79 Å². The van der Waals surface area contributed by atoms with Crippen molar-refractivity contribution < 1.29 is 4.79 Å². The lowest BCUT2D eigenvalue weighted by Gasteiger charge is -2.21. The summed E-state index contributed by atoms with van der Waals surface area (Å²) in [5, 5.41) is 3.07. The zero-order valence-corrected chi connectivity index (χ0v) is 12.3. The highest BCUT2D eigenvalue weighted by Gasteiger charge is 2.16. The fourth-order valence-corrected chi connectivity index (χ4v) is 2.69. The van der Waals surface area contributed by atoms with Gasteiger partial charge in [0, 0.05) is 18.2 Å². The third-order valence-electron chi connectivity index (χ3n) is 3.76. The summed E-state index contributed by atoms with van der Waals surface area (Å²) in [6, 6.07) is 7.90. The molecule has 1 heterocycles. The molecule has 0 bridgehead atoms. The lowest BCUT2D eigenvalue weighted by Crippen LogP contribution is -2.41. The van der Waals surface area contributed by atoms with Gasteiger partial charge in [-0.25, -0.2) is 0 Å². The molecule has 0 saturated carbocycles. The van der Waals surface area contributed by atoms with E-state index in [2.05, 4.69) is 17.1 Å². The number of nitrogens with one attached hydrogen (secondary N) is 1. The molecule has 110 valence electrons. The zero-order valence-electron chi connectivity index (χ0n) is 12.3. The van der Waals surface area contributed by atoms with Crippen LogP contribution in [0, 0.1) is 0 Å². The maximum atomic E-state index is 12.1. The van der Waals surface area contributed by atoms with E-state index in [1.165, 1.54) is 18.4 Å². The number of amides is 1. The molecular weight excluding hydrogens is 250 g/mol. The summed E-state index contributed by atoms with van der Waals surface area (Å²) in [6.45, 7) is 5.97. The summed E-state index contributed by atoms with van der Waals surface area (Å²) in [7, 11) is 0. The molecule has 1 fully saturated rings. The van der Waals surface area contributed by atoms with Crippen molar-refractivity contribution in [1.29, 1.82) is 0 Å². The molecule has 1 aromatic carbocycles. The van der Waals surface area contributed by atoms with Crippen LogP contribution in [0.3, 0.4) is 0 Å². The number of likely N-dealkylation sites (tertiary alicyclic amines) is 1. The number of nitrogens with zero attached hydrogens (tertiary/aromatic N) is 1. The van der Waals surface area contributed by atoms with Gasteiger partial charge in [-0.05, 0) is 63.5 Å². The van der Waals surface area contributed by atoms with Crippen LogP contribution in [-0.2, 0) is 6.42 Å². The topological polar surface area (TPSA) is 58.4 Å². The highest BCUT2D eigenvalue weighted by Crippen LogP contribution is 2.08. The lowest BCUT2D eigenvalue weighted by atomic mass is 10.1. The second-order valence-electron chi connectivity index (χ2n) is 5.62. The summed E-state index contributed by atoms with van der Waals surface area (Å²) in [6.07, 6.45) is 3.42. The smallest absolute Gasteiger partial charge is 0.251 e. The van der Waals surface area contributed by atoms with Gasteiger partial charge in [-0.15, -0.1) is 0 Å². The minimum atomic E-state index is 0.0102. The molecule has 1 saturated heterocycles. The van der Waals surface area contributed by atoms with E-state index in [0.717, 1.165) is 31.6 Å². The number of carbonyl (C=O) groups is 1. The molecule has 4 heteroatoms. The van der Waals surface area contributed by atoms with E-state index in [4.69, 9.17) is 5.73 Å². The van der Waals surface area contributed by atoms with Crippen molar-refractivity contribution in [3.8, 4) is 0 Å². The first-order chi connectivity index (χ1) is 9.69. The normalized spacial score (nSPS) is 17.1. The summed E-state index contributed by atoms with van der Waals surface area (Å²) in [5.74, 6) is 0.0102. The SMILES string of the molecule is CC(CN1CCCC1)NC(=O)c1ccc(CCN)cc1. The van der Waals surface area contributed by atoms with Crippen LogP contribution in [0.25, 0.3) is 0 Å². The Balaban J connectivity index is 1.83. The van der Waals surface area contributed by atoms with Gasteiger partial charge in [-0.1, -0.05) is 12.1 Å². The minimum Gasteiger partial charge on any atom is -0.348 e. The Morgan fingerprint density at radius 1 is 1.30 bits per heavy atom. The second-order valence-corrected chi connectivity index (χ2v) is 5.62. The van der Waals surface area contributed by atoms with Crippen molar-refractivity contribution >= 4 is 5.91 Å². The first kappa shape index (κ1) is 15.0. The highest BCUT2D eigenvalue weighted by atomic mass is 16.1. The number of hydrogen-bond donors (Lipinski definition) is 2. The summed E-state index contributed by atoms with van der Waals surface area (Å²) >= 11 is 0.